The van der Waals surface area contributed by atoms with Crippen LogP contribution in [-0.4, -0.2) is 57.6 Å². The van der Waals surface area contributed by atoms with Gasteiger partial charge in [0.2, 0.25) is 0 Å². The number of halogens is 1. The first kappa shape index (κ1) is 21.7. The van der Waals surface area contributed by atoms with Crippen LogP contribution in [0.15, 0.2) is 29.6 Å². The van der Waals surface area contributed by atoms with Crippen molar-refractivity contribution in [2.45, 2.75) is 13.3 Å². The second-order valence-corrected chi connectivity index (χ2v) is 6.44. The zero-order chi connectivity index (χ0) is 17.2. The number of carbonyl (C=O) groups is 1. The average Bonchev–Trinajstić information content (AvgIpc) is 3.02. The molecule has 0 aliphatic heterocycles. The monoisotopic (exact) mass is 387 g/mol. The fourth-order valence-electron chi connectivity index (χ4n) is 2.24. The molecule has 140 valence electrons. The molecule has 2 aromatic rings. The van der Waals surface area contributed by atoms with Gasteiger partial charge in [-0.05, 0) is 48.9 Å². The number of hydrogen-bond acceptors (Lipinski definition) is 6. The molecular formula is C18H26ClNO4S. The van der Waals surface area contributed by atoms with Crippen molar-refractivity contribution >= 4 is 40.0 Å². The average molecular weight is 388 g/mol. The summed E-state index contributed by atoms with van der Waals surface area (Å²) in [6, 6.07) is 8.72. The van der Waals surface area contributed by atoms with Gasteiger partial charge in [-0.25, -0.2) is 4.79 Å². The van der Waals surface area contributed by atoms with E-state index in [-0.39, 0.29) is 12.4 Å². The smallest absolute Gasteiger partial charge is 0.435 e. The normalized spacial score (nSPS) is 10.7. The molecule has 1 heterocycles. The minimum Gasteiger partial charge on any atom is -0.435 e. The first-order chi connectivity index (χ1) is 11.7. The second-order valence-electron chi connectivity index (χ2n) is 5.49. The van der Waals surface area contributed by atoms with Crippen LogP contribution in [-0.2, 0) is 20.6 Å². The van der Waals surface area contributed by atoms with Crippen molar-refractivity contribution in [3.05, 3.63) is 35.2 Å². The summed E-state index contributed by atoms with van der Waals surface area (Å²) in [4.78, 5) is 13.1. The Kier molecular flexibility index (Phi) is 10.5. The summed E-state index contributed by atoms with van der Waals surface area (Å²) in [5.41, 5.74) is 1.30. The lowest BCUT2D eigenvalue weighted by Gasteiger charge is -2.16. The van der Waals surface area contributed by atoms with Crippen molar-refractivity contribution in [1.82, 2.24) is 4.90 Å². The molecule has 0 atom stereocenters. The van der Waals surface area contributed by atoms with Gasteiger partial charge in [0.05, 0.1) is 19.8 Å². The quantitative estimate of drug-likeness (QED) is 0.455. The molecule has 0 N–H and O–H groups in total. The zero-order valence-corrected chi connectivity index (χ0v) is 16.4. The van der Waals surface area contributed by atoms with E-state index in [0.717, 1.165) is 13.0 Å². The number of ether oxygens (including phenoxy) is 3. The number of fused-ring (bicyclic) bond motifs is 1. The predicted molar refractivity (Wildman–Crippen MR) is 104 cm³/mol. The zero-order valence-electron chi connectivity index (χ0n) is 14.7. The van der Waals surface area contributed by atoms with E-state index in [2.05, 4.69) is 34.5 Å². The van der Waals surface area contributed by atoms with Crippen LogP contribution in [0.1, 0.15) is 12.5 Å². The van der Waals surface area contributed by atoms with Gasteiger partial charge in [-0.15, -0.1) is 23.7 Å². The highest BCUT2D eigenvalue weighted by Gasteiger charge is 2.04. The summed E-state index contributed by atoms with van der Waals surface area (Å²) in [5, 5.41) is 3.42. The summed E-state index contributed by atoms with van der Waals surface area (Å²) >= 11 is 1.77. The molecule has 0 saturated carbocycles. The highest BCUT2D eigenvalue weighted by atomic mass is 35.5. The van der Waals surface area contributed by atoms with Crippen LogP contribution in [0.2, 0.25) is 0 Å². The van der Waals surface area contributed by atoms with E-state index in [1.807, 2.05) is 7.05 Å². The Bertz CT molecular complexity index is 634. The summed E-state index contributed by atoms with van der Waals surface area (Å²) in [6.45, 7) is 5.26. The minimum atomic E-state index is -0.607. The van der Waals surface area contributed by atoms with Crippen LogP contribution in [0.3, 0.4) is 0 Å². The van der Waals surface area contributed by atoms with E-state index in [4.69, 9.17) is 14.2 Å². The van der Waals surface area contributed by atoms with Crippen LogP contribution in [0.4, 0.5) is 4.79 Å². The van der Waals surface area contributed by atoms with E-state index in [1.165, 1.54) is 15.6 Å². The molecule has 0 unspecified atom stereocenters. The molecule has 1 aromatic heterocycles. The van der Waals surface area contributed by atoms with Crippen molar-refractivity contribution in [3.63, 3.8) is 0 Å². The molecule has 0 fully saturated rings. The molecule has 0 aliphatic carbocycles. The third-order valence-electron chi connectivity index (χ3n) is 3.62. The van der Waals surface area contributed by atoms with Gasteiger partial charge in [-0.1, -0.05) is 12.1 Å². The van der Waals surface area contributed by atoms with Crippen molar-refractivity contribution in [2.75, 3.05) is 46.6 Å². The lowest BCUT2D eigenvalue weighted by atomic mass is 10.1. The number of nitrogens with zero attached hydrogens (tertiary/aromatic N) is 1. The van der Waals surface area contributed by atoms with Gasteiger partial charge in [0.1, 0.15) is 6.61 Å². The molecule has 0 saturated heterocycles. The van der Waals surface area contributed by atoms with Crippen molar-refractivity contribution in [1.29, 1.82) is 0 Å². The van der Waals surface area contributed by atoms with Crippen LogP contribution < -0.4 is 0 Å². The molecule has 1 aromatic carbocycles. The molecule has 7 heteroatoms. The third kappa shape index (κ3) is 8.05. The lowest BCUT2D eigenvalue weighted by Crippen LogP contribution is -2.28. The summed E-state index contributed by atoms with van der Waals surface area (Å²) < 4.78 is 16.6. The maximum absolute atomic E-state index is 11.0. The fraction of sp³-hybridized carbons (Fsp3) is 0.500. The third-order valence-corrected chi connectivity index (χ3v) is 4.52. The fourth-order valence-corrected chi connectivity index (χ4v) is 3.01. The molecule has 25 heavy (non-hydrogen) atoms. The van der Waals surface area contributed by atoms with Gasteiger partial charge in [-0.2, -0.15) is 0 Å². The van der Waals surface area contributed by atoms with Gasteiger partial charge in [-0.3, -0.25) is 0 Å². The Morgan fingerprint density at radius 3 is 2.72 bits per heavy atom. The Morgan fingerprint density at radius 2 is 1.92 bits per heavy atom. The van der Waals surface area contributed by atoms with E-state index < -0.39 is 6.16 Å². The predicted octanol–water partition coefficient (Wildman–Crippen LogP) is 3.99. The van der Waals surface area contributed by atoms with Crippen LogP contribution in [0.25, 0.3) is 10.1 Å². The molecule has 0 amide bonds. The van der Waals surface area contributed by atoms with Crippen LogP contribution in [0.5, 0.6) is 0 Å². The Morgan fingerprint density at radius 1 is 1.12 bits per heavy atom. The maximum Gasteiger partial charge on any atom is 0.508 e. The van der Waals surface area contributed by atoms with E-state index in [1.54, 1.807) is 18.3 Å². The van der Waals surface area contributed by atoms with Gasteiger partial charge in [0, 0.05) is 17.8 Å². The summed E-state index contributed by atoms with van der Waals surface area (Å²) in [6.07, 6.45) is 0.311. The van der Waals surface area contributed by atoms with E-state index >= 15 is 0 Å². The van der Waals surface area contributed by atoms with Gasteiger partial charge < -0.3 is 19.1 Å². The Hall–Kier alpha value is -1.34. The highest BCUT2D eigenvalue weighted by Crippen LogP contribution is 2.21. The maximum atomic E-state index is 11.0. The van der Waals surface area contributed by atoms with Gasteiger partial charge >= 0.3 is 6.16 Å². The highest BCUT2D eigenvalue weighted by molar-refractivity contribution is 7.17. The molecule has 2 rings (SSSR count). The Labute approximate surface area is 159 Å². The first-order valence-electron chi connectivity index (χ1n) is 8.21. The van der Waals surface area contributed by atoms with Crippen molar-refractivity contribution < 1.29 is 19.0 Å². The number of likely N-dealkylation sites (N-methyl/N-ethyl adjacent to an activating group) is 1. The van der Waals surface area contributed by atoms with Crippen molar-refractivity contribution in [3.8, 4) is 0 Å². The molecular weight excluding hydrogens is 362 g/mol. The topological polar surface area (TPSA) is 48.0 Å². The number of benzene rings is 1. The Balaban J connectivity index is 0.00000312. The molecule has 5 nitrogen and oxygen atoms in total. The minimum absolute atomic E-state index is 0. The van der Waals surface area contributed by atoms with Crippen LogP contribution >= 0.6 is 23.7 Å². The van der Waals surface area contributed by atoms with Gasteiger partial charge in [0.15, 0.2) is 0 Å². The molecule has 0 bridgehead atoms. The van der Waals surface area contributed by atoms with E-state index in [0.29, 0.717) is 33.0 Å². The van der Waals surface area contributed by atoms with E-state index in [9.17, 15) is 4.79 Å². The number of rotatable bonds is 10. The van der Waals surface area contributed by atoms with Crippen molar-refractivity contribution in [2.24, 2.45) is 0 Å². The first-order valence-corrected chi connectivity index (χ1v) is 9.09. The number of carbonyl (C=O) groups excluding carboxylic acids is 1. The number of hydrogen-bond donors (Lipinski definition) is 0. The molecule has 0 aliphatic rings. The SMILES string of the molecule is CCOC(=O)OCCN(C)CCOCCc1ccc2sccc2c1.Cl. The summed E-state index contributed by atoms with van der Waals surface area (Å²) in [7, 11) is 1.97. The molecule has 0 radical (unpaired) electrons. The van der Waals surface area contributed by atoms with Gasteiger partial charge in [0.25, 0.3) is 0 Å². The lowest BCUT2D eigenvalue weighted by molar-refractivity contribution is 0.0498. The largest absolute Gasteiger partial charge is 0.508 e. The summed E-state index contributed by atoms with van der Waals surface area (Å²) in [5.74, 6) is 0. The standard InChI is InChI=1S/C18H25NO4S.ClH/c1-3-22-18(20)23-12-9-19(2)8-11-21-10-6-15-4-5-17-16(14-15)7-13-24-17;/h4-5,7,13-14H,3,6,8-12H2,1-2H3;1H. The second kappa shape index (κ2) is 12.1. The molecule has 0 spiro atoms. The number of thiophene rings is 1. The van der Waals surface area contributed by atoms with Crippen LogP contribution in [0, 0.1) is 0 Å².